The molecule has 2 aromatic carbocycles. The number of anilines is 1. The Labute approximate surface area is 127 Å². The van der Waals surface area contributed by atoms with Crippen molar-refractivity contribution in [3.63, 3.8) is 0 Å². The van der Waals surface area contributed by atoms with Crippen LogP contribution in [0.4, 0.5) is 10.1 Å². The highest BCUT2D eigenvalue weighted by atomic mass is 32.2. The van der Waals surface area contributed by atoms with E-state index in [2.05, 4.69) is 11.1 Å². The summed E-state index contributed by atoms with van der Waals surface area (Å²) in [4.78, 5) is 5.35. The first-order valence-electron chi connectivity index (χ1n) is 6.66. The van der Waals surface area contributed by atoms with Crippen molar-refractivity contribution in [2.75, 3.05) is 5.73 Å². The van der Waals surface area contributed by atoms with Gasteiger partial charge in [0.25, 0.3) is 0 Å². The average Bonchev–Trinajstić information content (AvgIpc) is 2.50. The summed E-state index contributed by atoms with van der Waals surface area (Å²) in [5, 5.41) is 0.563. The van der Waals surface area contributed by atoms with Crippen LogP contribution in [0.25, 0.3) is 10.9 Å². The molecule has 0 amide bonds. The fourth-order valence-electron chi connectivity index (χ4n) is 2.23. The molecule has 3 aromatic rings. The molecular formula is C17H15FN2S. The van der Waals surface area contributed by atoms with E-state index >= 15 is 0 Å². The maximum absolute atomic E-state index is 13.8. The number of benzene rings is 2. The Kier molecular flexibility index (Phi) is 3.80. The van der Waals surface area contributed by atoms with Crippen molar-refractivity contribution in [3.8, 4) is 0 Å². The highest BCUT2D eigenvalue weighted by Gasteiger charge is 2.08. The summed E-state index contributed by atoms with van der Waals surface area (Å²) in [6.07, 6.45) is 1.69. The smallest absolute Gasteiger partial charge is 0.132 e. The quantitative estimate of drug-likeness (QED) is 0.569. The minimum Gasteiger partial charge on any atom is -0.398 e. The minimum absolute atomic E-state index is 0.234. The molecule has 3 rings (SSSR count). The first-order chi connectivity index (χ1) is 10.1. The van der Waals surface area contributed by atoms with Crippen LogP contribution in [-0.4, -0.2) is 4.98 Å². The SMILES string of the molecule is Cc1ccc(N)c(SCc2ccc(F)c3cccnc23)c1. The van der Waals surface area contributed by atoms with Gasteiger partial charge in [-0.2, -0.15) is 0 Å². The van der Waals surface area contributed by atoms with Crippen molar-refractivity contribution in [1.82, 2.24) is 4.98 Å². The van der Waals surface area contributed by atoms with E-state index < -0.39 is 0 Å². The Morgan fingerprint density at radius 3 is 2.90 bits per heavy atom. The van der Waals surface area contributed by atoms with Crippen LogP contribution in [0, 0.1) is 12.7 Å². The molecule has 4 heteroatoms. The predicted octanol–water partition coefficient (Wildman–Crippen LogP) is 4.56. The molecule has 0 spiro atoms. The van der Waals surface area contributed by atoms with Crippen molar-refractivity contribution in [2.24, 2.45) is 0 Å². The number of aryl methyl sites for hydroxylation is 1. The maximum atomic E-state index is 13.8. The summed E-state index contributed by atoms with van der Waals surface area (Å²) in [5.74, 6) is 0.475. The van der Waals surface area contributed by atoms with Crippen molar-refractivity contribution in [2.45, 2.75) is 17.6 Å². The number of rotatable bonds is 3. The van der Waals surface area contributed by atoms with E-state index in [4.69, 9.17) is 5.73 Å². The van der Waals surface area contributed by atoms with E-state index in [-0.39, 0.29) is 5.82 Å². The fourth-order valence-corrected chi connectivity index (χ4v) is 3.28. The second-order valence-corrected chi connectivity index (χ2v) is 5.95. The molecule has 0 fully saturated rings. The highest BCUT2D eigenvalue weighted by Crippen LogP contribution is 2.31. The van der Waals surface area contributed by atoms with Gasteiger partial charge in [0.1, 0.15) is 5.82 Å². The monoisotopic (exact) mass is 298 g/mol. The predicted molar refractivity (Wildman–Crippen MR) is 86.9 cm³/mol. The molecule has 0 aliphatic heterocycles. The van der Waals surface area contributed by atoms with Crippen molar-refractivity contribution in [1.29, 1.82) is 0 Å². The van der Waals surface area contributed by atoms with Gasteiger partial charge in [-0.15, -0.1) is 11.8 Å². The molecule has 0 saturated carbocycles. The number of hydrogen-bond acceptors (Lipinski definition) is 3. The van der Waals surface area contributed by atoms with E-state index in [0.29, 0.717) is 11.1 Å². The summed E-state index contributed by atoms with van der Waals surface area (Å²) in [6.45, 7) is 2.04. The third kappa shape index (κ3) is 2.85. The number of fused-ring (bicyclic) bond motifs is 1. The lowest BCUT2D eigenvalue weighted by atomic mass is 10.1. The summed E-state index contributed by atoms with van der Waals surface area (Å²) in [7, 11) is 0. The van der Waals surface area contributed by atoms with Gasteiger partial charge in [-0.3, -0.25) is 4.98 Å². The Bertz CT molecular complexity index is 802. The van der Waals surface area contributed by atoms with Gasteiger partial charge in [-0.25, -0.2) is 4.39 Å². The summed E-state index contributed by atoms with van der Waals surface area (Å²) in [5.41, 5.74) is 9.67. The highest BCUT2D eigenvalue weighted by molar-refractivity contribution is 7.98. The molecule has 1 heterocycles. The summed E-state index contributed by atoms with van der Waals surface area (Å²) >= 11 is 1.65. The molecule has 0 unspecified atom stereocenters. The minimum atomic E-state index is -0.234. The van der Waals surface area contributed by atoms with Gasteiger partial charge in [0.05, 0.1) is 5.52 Å². The van der Waals surface area contributed by atoms with Crippen LogP contribution in [0.3, 0.4) is 0 Å². The standard InChI is InChI=1S/C17H15FN2S/c1-11-4-7-15(19)16(9-11)21-10-12-5-6-14(18)13-3-2-8-20-17(12)13/h2-9H,10,19H2,1H3. The number of nitrogens with two attached hydrogens (primary N) is 1. The van der Waals surface area contributed by atoms with Crippen LogP contribution in [0.15, 0.2) is 53.6 Å². The van der Waals surface area contributed by atoms with Gasteiger partial charge < -0.3 is 5.73 Å². The molecule has 0 atom stereocenters. The molecule has 21 heavy (non-hydrogen) atoms. The van der Waals surface area contributed by atoms with Crippen LogP contribution < -0.4 is 5.73 Å². The van der Waals surface area contributed by atoms with Crippen molar-refractivity contribution in [3.05, 3.63) is 65.6 Å². The molecule has 0 aliphatic carbocycles. The van der Waals surface area contributed by atoms with Crippen LogP contribution in [0.1, 0.15) is 11.1 Å². The molecule has 0 saturated heterocycles. The van der Waals surface area contributed by atoms with Crippen molar-refractivity contribution >= 4 is 28.4 Å². The van der Waals surface area contributed by atoms with E-state index in [1.807, 2.05) is 19.1 Å². The van der Waals surface area contributed by atoms with E-state index in [1.54, 1.807) is 36.2 Å². The van der Waals surface area contributed by atoms with Crippen molar-refractivity contribution < 1.29 is 4.39 Å². The van der Waals surface area contributed by atoms with Crippen LogP contribution in [0.5, 0.6) is 0 Å². The number of aromatic nitrogens is 1. The zero-order valence-electron chi connectivity index (χ0n) is 11.6. The summed E-state index contributed by atoms with van der Waals surface area (Å²) in [6, 6.07) is 12.8. The Balaban J connectivity index is 1.92. The lowest BCUT2D eigenvalue weighted by Gasteiger charge is -2.09. The molecular weight excluding hydrogens is 283 g/mol. The molecule has 1 aromatic heterocycles. The number of halogens is 1. The second-order valence-electron chi connectivity index (χ2n) is 4.94. The lowest BCUT2D eigenvalue weighted by Crippen LogP contribution is -1.92. The number of thioether (sulfide) groups is 1. The fraction of sp³-hybridized carbons (Fsp3) is 0.118. The Hall–Kier alpha value is -2.07. The third-order valence-electron chi connectivity index (χ3n) is 3.35. The summed E-state index contributed by atoms with van der Waals surface area (Å²) < 4.78 is 13.8. The number of nitrogens with zero attached hydrogens (tertiary/aromatic N) is 1. The third-order valence-corrected chi connectivity index (χ3v) is 4.47. The van der Waals surface area contributed by atoms with Crippen LogP contribution >= 0.6 is 11.8 Å². The number of nitrogen functional groups attached to an aromatic ring is 1. The van der Waals surface area contributed by atoms with Crippen LogP contribution in [0.2, 0.25) is 0 Å². The van der Waals surface area contributed by atoms with Gasteiger partial charge in [0.15, 0.2) is 0 Å². The van der Waals surface area contributed by atoms with E-state index in [1.165, 1.54) is 11.6 Å². The number of pyridine rings is 1. The second kappa shape index (κ2) is 5.74. The van der Waals surface area contributed by atoms with Crippen LogP contribution in [-0.2, 0) is 5.75 Å². The van der Waals surface area contributed by atoms with Gasteiger partial charge >= 0.3 is 0 Å². The Morgan fingerprint density at radius 1 is 1.19 bits per heavy atom. The molecule has 106 valence electrons. The zero-order valence-corrected chi connectivity index (χ0v) is 12.5. The lowest BCUT2D eigenvalue weighted by molar-refractivity contribution is 0.639. The molecule has 0 bridgehead atoms. The molecule has 2 nitrogen and oxygen atoms in total. The van der Waals surface area contributed by atoms with Gasteiger partial charge in [0.2, 0.25) is 0 Å². The normalized spacial score (nSPS) is 11.0. The van der Waals surface area contributed by atoms with E-state index in [9.17, 15) is 4.39 Å². The zero-order chi connectivity index (χ0) is 14.8. The number of hydrogen-bond donors (Lipinski definition) is 1. The van der Waals surface area contributed by atoms with Gasteiger partial charge in [-0.05, 0) is 48.4 Å². The largest absolute Gasteiger partial charge is 0.398 e. The van der Waals surface area contributed by atoms with Gasteiger partial charge in [-0.1, -0.05) is 12.1 Å². The average molecular weight is 298 g/mol. The first kappa shape index (κ1) is 13.9. The van der Waals surface area contributed by atoms with Gasteiger partial charge in [0, 0.05) is 27.9 Å². The molecule has 0 aliphatic rings. The maximum Gasteiger partial charge on any atom is 0.132 e. The first-order valence-corrected chi connectivity index (χ1v) is 7.65. The molecule has 0 radical (unpaired) electrons. The topological polar surface area (TPSA) is 38.9 Å². The Morgan fingerprint density at radius 2 is 2.05 bits per heavy atom. The molecule has 2 N–H and O–H groups in total. The van der Waals surface area contributed by atoms with E-state index in [0.717, 1.165) is 21.7 Å².